The van der Waals surface area contributed by atoms with Crippen molar-refractivity contribution in [2.75, 3.05) is 6.61 Å². The smallest absolute Gasteiger partial charge is 0.422 e. The van der Waals surface area contributed by atoms with Gasteiger partial charge in [0.2, 0.25) is 0 Å². The molecule has 27 heavy (non-hydrogen) atoms. The summed E-state index contributed by atoms with van der Waals surface area (Å²) in [7, 11) is 0. The number of rotatable bonds is 5. The molecule has 0 N–H and O–H groups in total. The third-order valence-corrected chi connectivity index (χ3v) is 3.38. The van der Waals surface area contributed by atoms with Gasteiger partial charge in [-0.25, -0.2) is 19.0 Å². The molecular weight excluding hydrogens is 368 g/mol. The highest BCUT2D eigenvalue weighted by molar-refractivity contribution is 5.55. The number of hydrogen-bond acceptors (Lipinski definition) is 5. The predicted octanol–water partition coefficient (Wildman–Crippen LogP) is 2.83. The van der Waals surface area contributed by atoms with Crippen molar-refractivity contribution in [3.8, 4) is 17.3 Å². The zero-order valence-electron chi connectivity index (χ0n) is 13.7. The largest absolute Gasteiger partial charge is 0.454 e. The summed E-state index contributed by atoms with van der Waals surface area (Å²) in [6, 6.07) is 8.03. The van der Waals surface area contributed by atoms with Crippen molar-refractivity contribution in [2.45, 2.75) is 12.7 Å². The maximum Gasteiger partial charge on any atom is 0.422 e. The summed E-state index contributed by atoms with van der Waals surface area (Å²) in [6.07, 6.45) is -2.02. The first-order valence-corrected chi connectivity index (χ1v) is 7.65. The van der Waals surface area contributed by atoms with E-state index < -0.39 is 30.2 Å². The molecule has 6 nitrogen and oxygen atoms in total. The molecule has 0 bridgehead atoms. The number of alkyl halides is 3. The fraction of sp³-hybridized carbons (Fsp3) is 0.176. The summed E-state index contributed by atoms with van der Waals surface area (Å²) in [5.74, 6) is -0.431. The van der Waals surface area contributed by atoms with Gasteiger partial charge in [-0.15, -0.1) is 0 Å². The van der Waals surface area contributed by atoms with Crippen molar-refractivity contribution < 1.29 is 22.3 Å². The number of benzene rings is 1. The minimum absolute atomic E-state index is 0.0536. The highest BCUT2D eigenvalue weighted by atomic mass is 19.4. The lowest BCUT2D eigenvalue weighted by atomic mass is 10.2. The molecule has 140 valence electrons. The van der Waals surface area contributed by atoms with E-state index in [0.717, 1.165) is 4.68 Å². The fourth-order valence-corrected chi connectivity index (χ4v) is 2.19. The topological polar surface area (TPSA) is 69.9 Å². The summed E-state index contributed by atoms with van der Waals surface area (Å²) in [5, 5.41) is 4.16. The molecule has 2 aromatic heterocycles. The molecule has 0 radical (unpaired) electrons. The Morgan fingerprint density at radius 2 is 1.81 bits per heavy atom. The van der Waals surface area contributed by atoms with Gasteiger partial charge in [0, 0.05) is 24.0 Å². The number of halogens is 4. The highest BCUT2D eigenvalue weighted by Gasteiger charge is 2.28. The molecule has 0 aliphatic carbocycles. The predicted molar refractivity (Wildman–Crippen MR) is 86.6 cm³/mol. The molecule has 0 spiro atoms. The van der Waals surface area contributed by atoms with Gasteiger partial charge in [0.05, 0.1) is 12.2 Å². The van der Waals surface area contributed by atoms with E-state index in [9.17, 15) is 22.4 Å². The lowest BCUT2D eigenvalue weighted by molar-refractivity contribution is -0.154. The van der Waals surface area contributed by atoms with Crippen molar-refractivity contribution in [3.63, 3.8) is 0 Å². The molecule has 0 saturated carbocycles. The molecule has 3 rings (SSSR count). The Labute approximate surface area is 150 Å². The average Bonchev–Trinajstić information content (AvgIpc) is 2.62. The third-order valence-electron chi connectivity index (χ3n) is 3.38. The van der Waals surface area contributed by atoms with Crippen molar-refractivity contribution in [1.82, 2.24) is 19.7 Å². The SMILES string of the molecule is O=c1ccc(-c2cnc(OCC(F)(F)F)nc2)nn1Cc1cccc(F)c1. The van der Waals surface area contributed by atoms with E-state index >= 15 is 0 Å². The van der Waals surface area contributed by atoms with Crippen LogP contribution in [0.1, 0.15) is 5.56 Å². The van der Waals surface area contributed by atoms with Gasteiger partial charge in [-0.1, -0.05) is 12.1 Å². The van der Waals surface area contributed by atoms with Crippen LogP contribution in [0.5, 0.6) is 6.01 Å². The molecule has 0 aliphatic heterocycles. The summed E-state index contributed by atoms with van der Waals surface area (Å²) < 4.78 is 55.2. The Hall–Kier alpha value is -3.30. The number of ether oxygens (including phenoxy) is 1. The Bertz CT molecular complexity index is 987. The van der Waals surface area contributed by atoms with Gasteiger partial charge in [0.15, 0.2) is 6.61 Å². The van der Waals surface area contributed by atoms with Crippen LogP contribution in [0.2, 0.25) is 0 Å². The van der Waals surface area contributed by atoms with Crippen LogP contribution in [0, 0.1) is 5.82 Å². The van der Waals surface area contributed by atoms with E-state index in [0.29, 0.717) is 16.8 Å². The Morgan fingerprint density at radius 1 is 1.07 bits per heavy atom. The number of aromatic nitrogens is 4. The van der Waals surface area contributed by atoms with Gasteiger partial charge in [0.1, 0.15) is 5.82 Å². The van der Waals surface area contributed by atoms with Gasteiger partial charge in [-0.05, 0) is 23.8 Å². The molecular formula is C17H12F4N4O2. The van der Waals surface area contributed by atoms with Crippen LogP contribution >= 0.6 is 0 Å². The molecule has 10 heteroatoms. The van der Waals surface area contributed by atoms with Crippen LogP contribution in [0.25, 0.3) is 11.3 Å². The fourth-order valence-electron chi connectivity index (χ4n) is 2.19. The summed E-state index contributed by atoms with van der Waals surface area (Å²) >= 11 is 0. The van der Waals surface area contributed by atoms with E-state index in [4.69, 9.17) is 0 Å². The van der Waals surface area contributed by atoms with Gasteiger partial charge in [-0.3, -0.25) is 4.79 Å². The standard InChI is InChI=1S/C17H12F4N4O2/c18-13-3-1-2-11(6-13)9-25-15(26)5-4-14(24-25)12-7-22-16(23-8-12)27-10-17(19,20)21/h1-8H,9-10H2. The van der Waals surface area contributed by atoms with E-state index in [1.54, 1.807) is 6.07 Å². The van der Waals surface area contributed by atoms with Crippen molar-refractivity contribution in [3.05, 3.63) is 70.5 Å². The minimum Gasteiger partial charge on any atom is -0.454 e. The Kier molecular flexibility index (Phi) is 5.15. The average molecular weight is 380 g/mol. The van der Waals surface area contributed by atoms with Gasteiger partial charge < -0.3 is 4.74 Å². The second-order valence-electron chi connectivity index (χ2n) is 5.50. The van der Waals surface area contributed by atoms with Crippen LogP contribution in [0.15, 0.2) is 53.6 Å². The van der Waals surface area contributed by atoms with E-state index in [1.165, 1.54) is 42.7 Å². The van der Waals surface area contributed by atoms with E-state index in [-0.39, 0.29) is 6.54 Å². The molecule has 0 saturated heterocycles. The quantitative estimate of drug-likeness (QED) is 0.637. The Balaban J connectivity index is 1.80. The molecule has 2 heterocycles. The molecule has 3 aromatic rings. The van der Waals surface area contributed by atoms with Crippen LogP contribution in [0.3, 0.4) is 0 Å². The lowest BCUT2D eigenvalue weighted by Crippen LogP contribution is -2.23. The molecule has 0 fully saturated rings. The lowest BCUT2D eigenvalue weighted by Gasteiger charge is -2.09. The zero-order chi connectivity index (χ0) is 19.4. The summed E-state index contributed by atoms with van der Waals surface area (Å²) in [6.45, 7) is -1.44. The third kappa shape index (κ3) is 5.09. The van der Waals surface area contributed by atoms with E-state index in [2.05, 4.69) is 19.8 Å². The Morgan fingerprint density at radius 3 is 2.48 bits per heavy atom. The highest BCUT2D eigenvalue weighted by Crippen LogP contribution is 2.18. The first kappa shape index (κ1) is 18.5. The first-order valence-electron chi connectivity index (χ1n) is 7.65. The second kappa shape index (κ2) is 7.52. The summed E-state index contributed by atoms with van der Waals surface area (Å²) in [5.41, 5.74) is 0.860. The molecule has 0 atom stereocenters. The van der Waals surface area contributed by atoms with E-state index in [1.807, 2.05) is 0 Å². The molecule has 1 aromatic carbocycles. The van der Waals surface area contributed by atoms with Crippen LogP contribution < -0.4 is 10.3 Å². The van der Waals surface area contributed by atoms with Crippen LogP contribution in [0.4, 0.5) is 17.6 Å². The van der Waals surface area contributed by atoms with Crippen LogP contribution in [-0.2, 0) is 6.54 Å². The van der Waals surface area contributed by atoms with Crippen molar-refractivity contribution in [1.29, 1.82) is 0 Å². The monoisotopic (exact) mass is 380 g/mol. The first-order chi connectivity index (χ1) is 12.8. The van der Waals surface area contributed by atoms with Crippen molar-refractivity contribution >= 4 is 0 Å². The van der Waals surface area contributed by atoms with Gasteiger partial charge in [0.25, 0.3) is 5.56 Å². The maximum atomic E-state index is 13.3. The number of nitrogens with zero attached hydrogens (tertiary/aromatic N) is 4. The minimum atomic E-state index is -4.49. The van der Waals surface area contributed by atoms with Gasteiger partial charge >= 0.3 is 12.2 Å². The number of hydrogen-bond donors (Lipinski definition) is 0. The second-order valence-corrected chi connectivity index (χ2v) is 5.50. The molecule has 0 aliphatic rings. The van der Waals surface area contributed by atoms with Crippen molar-refractivity contribution in [2.24, 2.45) is 0 Å². The normalized spacial score (nSPS) is 11.4. The zero-order valence-corrected chi connectivity index (χ0v) is 13.7. The van der Waals surface area contributed by atoms with Gasteiger partial charge in [-0.2, -0.15) is 18.3 Å². The molecule has 0 amide bonds. The maximum absolute atomic E-state index is 13.3. The summed E-state index contributed by atoms with van der Waals surface area (Å²) in [4.78, 5) is 19.4. The van der Waals surface area contributed by atoms with Crippen LogP contribution in [-0.4, -0.2) is 32.5 Å². The molecule has 0 unspecified atom stereocenters.